The molecular formula is C35H34N4OS. The largest absolute Gasteiger partial charge is 0.490 e. The van der Waals surface area contributed by atoms with Crippen LogP contribution in [0.1, 0.15) is 60.4 Å². The van der Waals surface area contributed by atoms with Crippen LogP contribution < -0.4 is 15.0 Å². The highest BCUT2D eigenvalue weighted by Crippen LogP contribution is 2.44. The van der Waals surface area contributed by atoms with Gasteiger partial charge in [0.05, 0.1) is 29.6 Å². The molecule has 2 aromatic heterocycles. The average molecular weight is 559 g/mol. The van der Waals surface area contributed by atoms with Gasteiger partial charge >= 0.3 is 0 Å². The Morgan fingerprint density at radius 3 is 2.41 bits per heavy atom. The molecule has 0 unspecified atom stereocenters. The molecule has 7 rings (SSSR count). The number of hydrogen-bond acceptors (Lipinski definition) is 3. The summed E-state index contributed by atoms with van der Waals surface area (Å²) >= 11 is 6.01. The molecule has 1 saturated carbocycles. The zero-order chi connectivity index (χ0) is 27.9. The molecule has 0 radical (unpaired) electrons. The maximum Gasteiger partial charge on any atom is 0.174 e. The fraction of sp³-hybridized carbons (Fsp3) is 0.257. The first-order chi connectivity index (χ1) is 20.1. The van der Waals surface area contributed by atoms with Crippen molar-refractivity contribution in [2.45, 2.75) is 57.7 Å². The topological polar surface area (TPSA) is 42.3 Å². The first-order valence-electron chi connectivity index (χ1n) is 14.5. The van der Waals surface area contributed by atoms with Crippen LogP contribution in [0.25, 0.3) is 16.5 Å². The summed E-state index contributed by atoms with van der Waals surface area (Å²) in [6.07, 6.45) is 6.98. The number of rotatable bonds is 6. The molecule has 0 amide bonds. The molecule has 2 atom stereocenters. The average Bonchev–Trinajstić information content (AvgIpc) is 3.71. The van der Waals surface area contributed by atoms with Crippen LogP contribution in [-0.2, 0) is 0 Å². The van der Waals surface area contributed by atoms with Crippen molar-refractivity contribution in [3.63, 3.8) is 0 Å². The predicted octanol–water partition coefficient (Wildman–Crippen LogP) is 8.14. The quantitative estimate of drug-likeness (QED) is 0.213. The predicted molar refractivity (Wildman–Crippen MR) is 170 cm³/mol. The van der Waals surface area contributed by atoms with E-state index in [1.54, 1.807) is 0 Å². The van der Waals surface area contributed by atoms with Crippen molar-refractivity contribution < 1.29 is 4.74 Å². The van der Waals surface area contributed by atoms with Gasteiger partial charge in [0.2, 0.25) is 0 Å². The first-order valence-corrected chi connectivity index (χ1v) is 14.9. The summed E-state index contributed by atoms with van der Waals surface area (Å²) < 4.78 is 8.64. The normalized spacial score (nSPS) is 19.2. The molecule has 1 saturated heterocycles. The number of aryl methyl sites for hydroxylation is 1. The Balaban J connectivity index is 1.32. The minimum atomic E-state index is -0.0976. The van der Waals surface area contributed by atoms with Gasteiger partial charge in [-0.05, 0) is 111 Å². The highest BCUT2D eigenvalue weighted by atomic mass is 32.1. The van der Waals surface area contributed by atoms with Crippen LogP contribution in [0, 0.1) is 13.8 Å². The van der Waals surface area contributed by atoms with E-state index in [0.29, 0.717) is 11.2 Å². The molecule has 1 aliphatic carbocycles. The lowest BCUT2D eigenvalue weighted by molar-refractivity contribution is 0.210. The van der Waals surface area contributed by atoms with E-state index in [4.69, 9.17) is 21.9 Å². The smallest absolute Gasteiger partial charge is 0.174 e. The van der Waals surface area contributed by atoms with Crippen LogP contribution in [0.2, 0.25) is 0 Å². The molecule has 41 heavy (non-hydrogen) atoms. The Morgan fingerprint density at radius 1 is 0.878 bits per heavy atom. The van der Waals surface area contributed by atoms with Gasteiger partial charge < -0.3 is 19.5 Å². The number of nitrogens with zero attached hydrogens (tertiary/aromatic N) is 3. The number of thiocarbonyl (C=S) groups is 1. The number of anilines is 1. The summed E-state index contributed by atoms with van der Waals surface area (Å²) in [6, 6.07) is 31.8. The zero-order valence-electron chi connectivity index (χ0n) is 23.5. The molecule has 6 heteroatoms. The first kappa shape index (κ1) is 25.8. The molecule has 206 valence electrons. The molecule has 2 aliphatic rings. The number of benzene rings is 3. The Kier molecular flexibility index (Phi) is 6.71. The maximum absolute atomic E-state index is 6.26. The summed E-state index contributed by atoms with van der Waals surface area (Å²) in [4.78, 5) is 7.01. The molecular weight excluding hydrogens is 524 g/mol. The minimum absolute atomic E-state index is 0.0751. The Hall–Kier alpha value is -4.16. The van der Waals surface area contributed by atoms with Gasteiger partial charge in [0, 0.05) is 28.7 Å². The third-order valence-electron chi connectivity index (χ3n) is 8.61. The van der Waals surface area contributed by atoms with Crippen LogP contribution in [0.3, 0.4) is 0 Å². The van der Waals surface area contributed by atoms with Crippen LogP contribution in [0.15, 0.2) is 97.2 Å². The van der Waals surface area contributed by atoms with Crippen LogP contribution in [0.4, 0.5) is 5.69 Å². The lowest BCUT2D eigenvalue weighted by atomic mass is 9.96. The summed E-state index contributed by atoms with van der Waals surface area (Å²) in [6.45, 7) is 4.41. The van der Waals surface area contributed by atoms with Gasteiger partial charge in [0.25, 0.3) is 0 Å². The van der Waals surface area contributed by atoms with Crippen molar-refractivity contribution in [3.8, 4) is 11.4 Å². The highest BCUT2D eigenvalue weighted by molar-refractivity contribution is 7.80. The molecule has 1 aliphatic heterocycles. The van der Waals surface area contributed by atoms with Crippen molar-refractivity contribution >= 4 is 33.8 Å². The van der Waals surface area contributed by atoms with Crippen molar-refractivity contribution in [1.82, 2.24) is 14.9 Å². The van der Waals surface area contributed by atoms with Gasteiger partial charge in [0.15, 0.2) is 5.11 Å². The standard InChI is InChI=1S/C35H34N4OS/c1-23-22-30(24(2)38(23)32-16-9-11-25-10-3-6-14-29(25)32)34-33(31-15-7-8-21-36-31)37-35(41)39(34)26-17-19-28(20-18-26)40-27-12-4-5-13-27/h3,6-11,14-22,27,33-34H,4-5,12-13H2,1-2H3,(H,37,41)/t33-,34+/m0/s1. The molecule has 3 aromatic carbocycles. The SMILES string of the molecule is Cc1cc([C@@H]2[C@H](c3ccccn3)NC(=S)N2c2ccc(OC3CCCC3)cc2)c(C)n1-c1cccc2ccccc12. The number of aromatic nitrogens is 2. The molecule has 5 aromatic rings. The minimum Gasteiger partial charge on any atom is -0.490 e. The highest BCUT2D eigenvalue weighted by Gasteiger charge is 2.42. The fourth-order valence-corrected chi connectivity index (χ4v) is 7.04. The van der Waals surface area contributed by atoms with E-state index < -0.39 is 0 Å². The summed E-state index contributed by atoms with van der Waals surface area (Å²) in [7, 11) is 0. The van der Waals surface area contributed by atoms with Crippen LogP contribution >= 0.6 is 12.2 Å². The molecule has 0 bridgehead atoms. The second-order valence-electron chi connectivity index (χ2n) is 11.2. The van der Waals surface area contributed by atoms with Gasteiger partial charge in [-0.1, -0.05) is 42.5 Å². The summed E-state index contributed by atoms with van der Waals surface area (Å²) in [5.74, 6) is 0.922. The van der Waals surface area contributed by atoms with Gasteiger partial charge in [-0.15, -0.1) is 0 Å². The van der Waals surface area contributed by atoms with E-state index in [0.717, 1.165) is 30.0 Å². The lowest BCUT2D eigenvalue weighted by Crippen LogP contribution is -2.29. The third kappa shape index (κ3) is 4.66. The number of ether oxygens (including phenoxy) is 1. The Morgan fingerprint density at radius 2 is 1.63 bits per heavy atom. The Bertz CT molecular complexity index is 1700. The Labute approximate surface area is 246 Å². The van der Waals surface area contributed by atoms with E-state index >= 15 is 0 Å². The van der Waals surface area contributed by atoms with Crippen molar-refractivity contribution in [3.05, 3.63) is 120 Å². The number of nitrogens with one attached hydrogen (secondary N) is 1. The van der Waals surface area contributed by atoms with Crippen molar-refractivity contribution in [1.29, 1.82) is 0 Å². The van der Waals surface area contributed by atoms with Crippen molar-refractivity contribution in [2.24, 2.45) is 0 Å². The van der Waals surface area contributed by atoms with E-state index in [1.165, 1.54) is 46.3 Å². The van der Waals surface area contributed by atoms with Crippen LogP contribution in [0.5, 0.6) is 5.75 Å². The second kappa shape index (κ2) is 10.7. The number of fused-ring (bicyclic) bond motifs is 1. The van der Waals surface area contributed by atoms with E-state index in [-0.39, 0.29) is 12.1 Å². The van der Waals surface area contributed by atoms with Gasteiger partial charge in [-0.25, -0.2) is 0 Å². The van der Waals surface area contributed by atoms with Gasteiger partial charge in [-0.2, -0.15) is 0 Å². The second-order valence-corrected chi connectivity index (χ2v) is 11.6. The van der Waals surface area contributed by atoms with Gasteiger partial charge in [0.1, 0.15) is 5.75 Å². The van der Waals surface area contributed by atoms with Gasteiger partial charge in [-0.3, -0.25) is 4.98 Å². The molecule has 0 spiro atoms. The molecule has 1 N–H and O–H groups in total. The van der Waals surface area contributed by atoms with E-state index in [9.17, 15) is 0 Å². The van der Waals surface area contributed by atoms with Crippen LogP contribution in [-0.4, -0.2) is 20.8 Å². The lowest BCUT2D eigenvalue weighted by Gasteiger charge is -2.28. The fourth-order valence-electron chi connectivity index (χ4n) is 6.69. The van der Waals surface area contributed by atoms with E-state index in [2.05, 4.69) is 107 Å². The molecule has 5 nitrogen and oxygen atoms in total. The molecule has 3 heterocycles. The van der Waals surface area contributed by atoms with Crippen molar-refractivity contribution in [2.75, 3.05) is 4.90 Å². The number of pyridine rings is 1. The maximum atomic E-state index is 6.26. The summed E-state index contributed by atoms with van der Waals surface area (Å²) in [5, 5.41) is 6.79. The molecule has 2 fully saturated rings. The van der Waals surface area contributed by atoms with E-state index in [1.807, 2.05) is 18.3 Å². The zero-order valence-corrected chi connectivity index (χ0v) is 24.3. The monoisotopic (exact) mass is 558 g/mol. The third-order valence-corrected chi connectivity index (χ3v) is 8.93. The summed E-state index contributed by atoms with van der Waals surface area (Å²) in [5.41, 5.74) is 6.81. The number of hydrogen-bond donors (Lipinski definition) is 1.